The lowest BCUT2D eigenvalue weighted by molar-refractivity contribution is -0.272. The number of alkyl halides is 3. The minimum absolute atomic E-state index is 0.0429. The van der Waals surface area contributed by atoms with Crippen LogP contribution in [0.4, 0.5) is 23.2 Å². The minimum Gasteiger partial charge on any atom is -0.505 e. The molecule has 0 unspecified atom stereocenters. The molecule has 2 aromatic carbocycles. The maximum atomic E-state index is 14.2. The molecule has 0 saturated heterocycles. The summed E-state index contributed by atoms with van der Waals surface area (Å²) in [5.74, 6) is -2.55. The number of fused-ring (bicyclic) bond motifs is 2. The van der Waals surface area contributed by atoms with Crippen LogP contribution in [-0.2, 0) is 0 Å². The average molecular weight is 436 g/mol. The average Bonchev–Trinajstić information content (AvgIpc) is 2.72. The highest BCUT2D eigenvalue weighted by Crippen LogP contribution is 2.55. The van der Waals surface area contributed by atoms with Crippen LogP contribution < -0.4 is 10.9 Å². The number of rotatable bonds is 3. The molecule has 4 N–H and O–H groups in total. The molecule has 0 aliphatic heterocycles. The summed E-state index contributed by atoms with van der Waals surface area (Å²) in [4.78, 5) is 14.6. The van der Waals surface area contributed by atoms with E-state index in [-0.39, 0.29) is 28.6 Å². The number of aromatic amines is 1. The van der Waals surface area contributed by atoms with E-state index in [1.165, 1.54) is 30.5 Å². The summed E-state index contributed by atoms with van der Waals surface area (Å²) in [7, 11) is 0. The van der Waals surface area contributed by atoms with E-state index in [0.29, 0.717) is 5.39 Å². The number of anilines is 1. The topological polar surface area (TPSA) is 85.4 Å². The summed E-state index contributed by atoms with van der Waals surface area (Å²) < 4.78 is 56.5. The van der Waals surface area contributed by atoms with Crippen molar-refractivity contribution in [3.05, 3.63) is 69.9 Å². The van der Waals surface area contributed by atoms with Crippen LogP contribution in [0.15, 0.2) is 47.4 Å². The normalized spacial score (nSPS) is 23.5. The van der Waals surface area contributed by atoms with Gasteiger partial charge in [-0.2, -0.15) is 13.2 Å². The van der Waals surface area contributed by atoms with Crippen molar-refractivity contribution >= 4 is 16.5 Å². The third-order valence-corrected chi connectivity index (χ3v) is 6.05. The van der Waals surface area contributed by atoms with E-state index in [0.717, 1.165) is 12.1 Å². The molecule has 1 aliphatic rings. The molecule has 0 amide bonds. The van der Waals surface area contributed by atoms with Crippen LogP contribution in [0.1, 0.15) is 42.9 Å². The number of aliphatic hydroxyl groups is 1. The number of hydrogen-bond donors (Lipinski definition) is 4. The highest BCUT2D eigenvalue weighted by molar-refractivity contribution is 5.93. The van der Waals surface area contributed by atoms with Crippen LogP contribution in [0.5, 0.6) is 5.75 Å². The van der Waals surface area contributed by atoms with Gasteiger partial charge in [-0.15, -0.1) is 0 Å². The van der Waals surface area contributed by atoms with Crippen molar-refractivity contribution in [2.24, 2.45) is 0 Å². The highest BCUT2D eigenvalue weighted by Gasteiger charge is 2.62. The van der Waals surface area contributed by atoms with E-state index in [9.17, 15) is 32.6 Å². The first-order valence-corrected chi connectivity index (χ1v) is 9.75. The molecule has 31 heavy (non-hydrogen) atoms. The molecule has 4 rings (SSSR count). The molecular weight excluding hydrogens is 416 g/mol. The van der Waals surface area contributed by atoms with Crippen molar-refractivity contribution in [1.82, 2.24) is 4.98 Å². The van der Waals surface area contributed by atoms with Crippen molar-refractivity contribution in [2.45, 2.75) is 43.5 Å². The zero-order valence-electron chi connectivity index (χ0n) is 16.4. The van der Waals surface area contributed by atoms with Gasteiger partial charge in [-0.25, -0.2) is 4.39 Å². The van der Waals surface area contributed by atoms with Gasteiger partial charge in [-0.1, -0.05) is 19.1 Å². The molecule has 3 aromatic rings. The number of aromatic hydroxyl groups is 1. The molecule has 0 saturated carbocycles. The Labute approximate surface area is 174 Å². The number of nitrogens with one attached hydrogen (secondary N) is 2. The fraction of sp³-hybridized carbons (Fsp3) is 0.318. The molecule has 1 aliphatic carbocycles. The van der Waals surface area contributed by atoms with Gasteiger partial charge in [0.15, 0.2) is 17.2 Å². The van der Waals surface area contributed by atoms with E-state index in [4.69, 9.17) is 0 Å². The smallest absolute Gasteiger partial charge is 0.419 e. The Hall–Kier alpha value is -3.07. The van der Waals surface area contributed by atoms with Gasteiger partial charge in [0.05, 0.1) is 6.04 Å². The molecule has 0 spiro atoms. The number of aromatic nitrogens is 1. The van der Waals surface area contributed by atoms with E-state index in [1.807, 2.05) is 0 Å². The van der Waals surface area contributed by atoms with Crippen LogP contribution in [0.3, 0.4) is 0 Å². The molecule has 5 nitrogen and oxygen atoms in total. The Morgan fingerprint density at radius 1 is 1.19 bits per heavy atom. The van der Waals surface area contributed by atoms with Crippen LogP contribution in [0.2, 0.25) is 0 Å². The SMILES string of the molecule is CC[C@@H]1C[C@@](O)(C(F)(F)F)[C@@H](Nc2cccc3c(=O)[nH]ccc23)c2ccc(F)c(O)c21. The molecule has 164 valence electrons. The molecule has 9 heteroatoms. The van der Waals surface area contributed by atoms with Gasteiger partial charge in [-0.05, 0) is 48.6 Å². The van der Waals surface area contributed by atoms with Crippen molar-refractivity contribution < 1.29 is 27.8 Å². The monoisotopic (exact) mass is 436 g/mol. The van der Waals surface area contributed by atoms with Gasteiger partial charge in [-0.3, -0.25) is 4.79 Å². The van der Waals surface area contributed by atoms with E-state index >= 15 is 0 Å². The fourth-order valence-electron chi connectivity index (χ4n) is 4.46. The lowest BCUT2D eigenvalue weighted by atomic mass is 9.69. The van der Waals surface area contributed by atoms with Gasteiger partial charge >= 0.3 is 6.18 Å². The van der Waals surface area contributed by atoms with Gasteiger partial charge in [0.2, 0.25) is 0 Å². The quantitative estimate of drug-likeness (QED) is 0.448. The maximum Gasteiger partial charge on any atom is 0.419 e. The summed E-state index contributed by atoms with van der Waals surface area (Å²) in [6.45, 7) is 1.61. The Morgan fingerprint density at radius 2 is 1.94 bits per heavy atom. The summed E-state index contributed by atoms with van der Waals surface area (Å²) in [5.41, 5.74) is -3.40. The number of halogens is 4. The zero-order valence-corrected chi connectivity index (χ0v) is 16.4. The predicted molar refractivity (Wildman–Crippen MR) is 108 cm³/mol. The number of phenols is 1. The summed E-state index contributed by atoms with van der Waals surface area (Å²) in [5, 5.41) is 24.6. The Balaban J connectivity index is 1.95. The van der Waals surface area contributed by atoms with Crippen LogP contribution in [-0.4, -0.2) is 27.0 Å². The van der Waals surface area contributed by atoms with Crippen molar-refractivity contribution in [2.75, 3.05) is 5.32 Å². The Morgan fingerprint density at radius 3 is 2.61 bits per heavy atom. The number of pyridine rings is 1. The van der Waals surface area contributed by atoms with Gasteiger partial charge in [0, 0.05) is 28.2 Å². The molecule has 0 fully saturated rings. The van der Waals surface area contributed by atoms with Crippen molar-refractivity contribution in [1.29, 1.82) is 0 Å². The second kappa shape index (κ2) is 7.26. The molecule has 1 heterocycles. The number of phenolic OH excluding ortho intramolecular Hbond substituents is 1. The van der Waals surface area contributed by atoms with Gasteiger partial charge < -0.3 is 20.5 Å². The second-order valence-electron chi connectivity index (χ2n) is 7.78. The maximum absolute atomic E-state index is 14.2. The molecule has 0 bridgehead atoms. The van der Waals surface area contributed by atoms with Crippen molar-refractivity contribution in [3.63, 3.8) is 0 Å². The van der Waals surface area contributed by atoms with Gasteiger partial charge in [0.25, 0.3) is 5.56 Å². The summed E-state index contributed by atoms with van der Waals surface area (Å²) in [6.07, 6.45) is -4.23. The largest absolute Gasteiger partial charge is 0.505 e. The van der Waals surface area contributed by atoms with Gasteiger partial charge in [0.1, 0.15) is 0 Å². The first-order chi connectivity index (χ1) is 14.6. The lowest BCUT2D eigenvalue weighted by Crippen LogP contribution is -2.55. The number of H-pyrrole nitrogens is 1. The van der Waals surface area contributed by atoms with Crippen molar-refractivity contribution in [3.8, 4) is 5.75 Å². The molecular formula is C22H20F4N2O3. The summed E-state index contributed by atoms with van der Waals surface area (Å²) in [6, 6.07) is 6.36. The molecule has 0 radical (unpaired) electrons. The Kier molecular flexibility index (Phi) is 4.96. The summed E-state index contributed by atoms with van der Waals surface area (Å²) >= 11 is 0. The Bertz CT molecular complexity index is 1210. The first kappa shape index (κ1) is 21.2. The standard InChI is InChI=1S/C22H20F4N2O3/c1-2-11-10-21(31,22(24,25)26)19(14-6-7-15(23)18(29)17(11)14)28-16-5-3-4-13-12(16)8-9-27-20(13)30/h3-9,11,19,28-29,31H,2,10H2,1H3,(H,27,30)/t11-,19+,21+/m1/s1. The second-order valence-corrected chi connectivity index (χ2v) is 7.78. The third-order valence-electron chi connectivity index (χ3n) is 6.05. The zero-order chi connectivity index (χ0) is 22.6. The lowest BCUT2D eigenvalue weighted by Gasteiger charge is -2.45. The number of benzene rings is 2. The minimum atomic E-state index is -5.01. The fourth-order valence-corrected chi connectivity index (χ4v) is 4.46. The van der Waals surface area contributed by atoms with Crippen LogP contribution in [0, 0.1) is 5.82 Å². The van der Waals surface area contributed by atoms with Crippen LogP contribution >= 0.6 is 0 Å². The third kappa shape index (κ3) is 3.23. The number of hydrogen-bond acceptors (Lipinski definition) is 4. The van der Waals surface area contributed by atoms with E-state index in [1.54, 1.807) is 6.92 Å². The van der Waals surface area contributed by atoms with E-state index in [2.05, 4.69) is 10.3 Å². The molecule has 1 aromatic heterocycles. The first-order valence-electron chi connectivity index (χ1n) is 9.75. The highest BCUT2D eigenvalue weighted by atomic mass is 19.4. The molecule has 3 atom stereocenters. The van der Waals surface area contributed by atoms with E-state index < -0.39 is 47.3 Å². The van der Waals surface area contributed by atoms with Crippen LogP contribution in [0.25, 0.3) is 10.8 Å². The predicted octanol–water partition coefficient (Wildman–Crippen LogP) is 4.72.